The molecule has 0 fully saturated rings. The number of aromatic nitrogens is 2. The van der Waals surface area contributed by atoms with Crippen LogP contribution in [0.25, 0.3) is 82.8 Å². The van der Waals surface area contributed by atoms with Gasteiger partial charge in [-0.3, -0.25) is 0 Å². The van der Waals surface area contributed by atoms with E-state index in [1.807, 2.05) is 39.8 Å². The molecular weight excluding hydrogens is 821 g/mol. The predicted octanol–water partition coefficient (Wildman–Crippen LogP) is 17.2. The van der Waals surface area contributed by atoms with Crippen molar-refractivity contribution in [2.45, 2.75) is 53.4 Å². The molecule has 1 aliphatic heterocycles. The number of hydrogen-bond acceptors (Lipinski definition) is 3. The predicted molar refractivity (Wildman–Crippen MR) is 285 cm³/mol. The molecule has 0 aliphatic carbocycles. The van der Waals surface area contributed by atoms with Crippen molar-refractivity contribution in [2.24, 2.45) is 4.99 Å². The first-order chi connectivity index (χ1) is 32.4. The summed E-state index contributed by atoms with van der Waals surface area (Å²) in [6.07, 6.45) is 2.11. The van der Waals surface area contributed by atoms with E-state index in [-0.39, 0.29) is 0 Å². The second kappa shape index (κ2) is 18.4. The molecule has 322 valence electrons. The minimum atomic E-state index is 0.595. The zero-order valence-electron chi connectivity index (χ0n) is 38.6. The fourth-order valence-corrected chi connectivity index (χ4v) is 10.7. The Morgan fingerprint density at radius 1 is 0.621 bits per heavy atom. The third kappa shape index (κ3) is 7.44. The maximum Gasteiger partial charge on any atom is 0.110 e. The molecule has 5 heteroatoms. The van der Waals surface area contributed by atoms with E-state index in [4.69, 9.17) is 4.99 Å². The molecule has 0 amide bonds. The van der Waals surface area contributed by atoms with Crippen molar-refractivity contribution >= 4 is 77.1 Å². The summed E-state index contributed by atoms with van der Waals surface area (Å²) in [6, 6.07) is 62.4. The molecule has 0 spiro atoms. The Balaban J connectivity index is 0.00000133. The van der Waals surface area contributed by atoms with E-state index in [1.54, 1.807) is 11.8 Å². The van der Waals surface area contributed by atoms with Crippen LogP contribution in [0.1, 0.15) is 68.0 Å². The monoisotopic (exact) mass is 872 g/mol. The van der Waals surface area contributed by atoms with Crippen LogP contribution in [0.15, 0.2) is 193 Å². The standard InChI is InChI=1S/C57H40N4S.2C2H6/c1-35-16-5-7-20-45(35)53-37(3)56-55(47-22-9-8-21-46(47)53)48-23-10-13-26-51(48)61(56)44-31-39(34-58)30-42(33-44)36(2)54-49-24-11-14-27-52(49)62-57(54)59-38(4)41-18-15-19-43(32-41)60-29-28-40-17-6-12-25-50(40)60;2*1-2/h5-33H,4H2,1-3H3;2*1-2H3/b54-36+,59-57?;;. The van der Waals surface area contributed by atoms with E-state index in [2.05, 4.69) is 206 Å². The molecule has 1 aliphatic rings. The third-order valence-electron chi connectivity index (χ3n) is 12.5. The largest absolute Gasteiger partial charge is 0.317 e. The van der Waals surface area contributed by atoms with Gasteiger partial charge >= 0.3 is 0 Å². The number of aryl methyl sites for hydroxylation is 2. The molecule has 0 saturated heterocycles. The van der Waals surface area contributed by atoms with Crippen LogP contribution in [0.3, 0.4) is 0 Å². The Hall–Kier alpha value is -7.65. The number of rotatable bonds is 6. The molecule has 3 heterocycles. The number of aliphatic imine (C=N–C) groups is 1. The SMILES string of the molecule is C=C(N=C1Sc2ccccc2/C1=C(/C)c1cc(C#N)cc(-n2c3ccccc3c3c4ccccc4c(-c4ccccc4C)c(C)c32)c1)c1cccc(-n2ccc3ccccc32)c1.CC.CC. The van der Waals surface area contributed by atoms with Crippen molar-refractivity contribution in [3.63, 3.8) is 0 Å². The van der Waals surface area contributed by atoms with Crippen molar-refractivity contribution in [1.82, 2.24) is 9.13 Å². The van der Waals surface area contributed by atoms with Gasteiger partial charge in [-0.1, -0.05) is 161 Å². The van der Waals surface area contributed by atoms with Gasteiger partial charge in [0, 0.05) is 44.4 Å². The van der Waals surface area contributed by atoms with E-state index in [9.17, 15) is 5.26 Å². The number of hydrogen-bond donors (Lipinski definition) is 0. The fourth-order valence-electron chi connectivity index (χ4n) is 9.55. The zero-order chi connectivity index (χ0) is 46.1. The summed E-state index contributed by atoms with van der Waals surface area (Å²) in [5.41, 5.74) is 16.7. The summed E-state index contributed by atoms with van der Waals surface area (Å²) >= 11 is 1.67. The topological polar surface area (TPSA) is 46.0 Å². The number of fused-ring (bicyclic) bond motifs is 7. The lowest BCUT2D eigenvalue weighted by Crippen LogP contribution is -2.01. The molecule has 11 rings (SSSR count). The average molecular weight is 873 g/mol. The molecule has 0 atom stereocenters. The highest BCUT2D eigenvalue weighted by Crippen LogP contribution is 2.48. The van der Waals surface area contributed by atoms with E-state index >= 15 is 0 Å². The van der Waals surface area contributed by atoms with Crippen LogP contribution in [-0.4, -0.2) is 14.2 Å². The van der Waals surface area contributed by atoms with Gasteiger partial charge in [-0.25, -0.2) is 4.99 Å². The molecule has 0 unspecified atom stereocenters. The summed E-state index contributed by atoms with van der Waals surface area (Å²) in [7, 11) is 0. The van der Waals surface area contributed by atoms with Crippen molar-refractivity contribution in [3.8, 4) is 28.6 Å². The molecule has 4 nitrogen and oxygen atoms in total. The molecular formula is C61H52N4S. The Morgan fingerprint density at radius 3 is 2.05 bits per heavy atom. The van der Waals surface area contributed by atoms with Crippen LogP contribution in [0, 0.1) is 25.2 Å². The van der Waals surface area contributed by atoms with Crippen LogP contribution in [0.4, 0.5) is 0 Å². The van der Waals surface area contributed by atoms with Gasteiger partial charge in [0.2, 0.25) is 0 Å². The summed E-state index contributed by atoms with van der Waals surface area (Å²) in [5, 5.41) is 17.6. The Morgan fingerprint density at radius 2 is 1.27 bits per heavy atom. The van der Waals surface area contributed by atoms with E-state index in [1.165, 1.54) is 49.2 Å². The molecule has 8 aromatic carbocycles. The first-order valence-corrected chi connectivity index (χ1v) is 23.7. The first kappa shape index (κ1) is 43.6. The summed E-state index contributed by atoms with van der Waals surface area (Å²) in [6.45, 7) is 19.1. The van der Waals surface area contributed by atoms with Gasteiger partial charge in [0.05, 0.1) is 33.9 Å². The molecule has 10 aromatic rings. The van der Waals surface area contributed by atoms with E-state index < -0.39 is 0 Å². The quantitative estimate of drug-likeness (QED) is 0.167. The summed E-state index contributed by atoms with van der Waals surface area (Å²) in [5.74, 6) is 0. The fraction of sp³-hybridized carbons (Fsp3) is 0.115. The van der Waals surface area contributed by atoms with Crippen molar-refractivity contribution in [1.29, 1.82) is 5.26 Å². The highest BCUT2D eigenvalue weighted by atomic mass is 32.2. The van der Waals surface area contributed by atoms with Gasteiger partial charge in [0.15, 0.2) is 0 Å². The van der Waals surface area contributed by atoms with Crippen LogP contribution in [0.5, 0.6) is 0 Å². The molecule has 0 radical (unpaired) electrons. The third-order valence-corrected chi connectivity index (χ3v) is 13.5. The highest BCUT2D eigenvalue weighted by Gasteiger charge is 2.28. The number of allylic oxidation sites excluding steroid dienone is 1. The molecule has 2 aromatic heterocycles. The Labute approximate surface area is 392 Å². The zero-order valence-corrected chi connectivity index (χ0v) is 39.5. The lowest BCUT2D eigenvalue weighted by molar-refractivity contribution is 1.13. The smallest absolute Gasteiger partial charge is 0.110 e. The molecule has 0 saturated carbocycles. The highest BCUT2D eigenvalue weighted by molar-refractivity contribution is 8.15. The van der Waals surface area contributed by atoms with E-state index in [0.717, 1.165) is 65.7 Å². The number of nitrogens with zero attached hydrogens (tertiary/aromatic N) is 4. The van der Waals surface area contributed by atoms with Crippen molar-refractivity contribution in [2.75, 3.05) is 0 Å². The molecule has 66 heavy (non-hydrogen) atoms. The van der Waals surface area contributed by atoms with Gasteiger partial charge in [-0.05, 0) is 130 Å². The van der Waals surface area contributed by atoms with Crippen LogP contribution >= 0.6 is 11.8 Å². The second-order valence-corrected chi connectivity index (χ2v) is 17.1. The number of thioether (sulfide) groups is 1. The maximum absolute atomic E-state index is 10.7. The lowest BCUT2D eigenvalue weighted by atomic mass is 9.89. The van der Waals surface area contributed by atoms with Crippen LogP contribution < -0.4 is 0 Å². The van der Waals surface area contributed by atoms with Gasteiger partial charge in [-0.15, -0.1) is 0 Å². The number of para-hydroxylation sites is 2. The minimum absolute atomic E-state index is 0.595. The molecule has 0 N–H and O–H groups in total. The number of nitriles is 1. The van der Waals surface area contributed by atoms with Gasteiger partial charge in [0.1, 0.15) is 5.04 Å². The number of benzene rings is 8. The lowest BCUT2D eigenvalue weighted by Gasteiger charge is -2.18. The van der Waals surface area contributed by atoms with Gasteiger partial charge < -0.3 is 9.13 Å². The second-order valence-electron chi connectivity index (χ2n) is 16.1. The average Bonchev–Trinajstić information content (AvgIpc) is 4.08. The van der Waals surface area contributed by atoms with Gasteiger partial charge in [-0.2, -0.15) is 5.26 Å². The maximum atomic E-state index is 10.7. The van der Waals surface area contributed by atoms with E-state index in [0.29, 0.717) is 11.3 Å². The Bertz CT molecular complexity index is 3620. The molecule has 0 bridgehead atoms. The summed E-state index contributed by atoms with van der Waals surface area (Å²) < 4.78 is 4.59. The first-order valence-electron chi connectivity index (χ1n) is 22.9. The summed E-state index contributed by atoms with van der Waals surface area (Å²) in [4.78, 5) is 6.45. The normalized spacial score (nSPS) is 13.3. The van der Waals surface area contributed by atoms with Crippen molar-refractivity contribution < 1.29 is 0 Å². The minimum Gasteiger partial charge on any atom is -0.317 e. The Kier molecular flexibility index (Phi) is 12.2. The van der Waals surface area contributed by atoms with Crippen LogP contribution in [-0.2, 0) is 0 Å². The van der Waals surface area contributed by atoms with Crippen molar-refractivity contribution in [3.05, 3.63) is 216 Å². The van der Waals surface area contributed by atoms with Crippen LogP contribution in [0.2, 0.25) is 0 Å². The van der Waals surface area contributed by atoms with Gasteiger partial charge in [0.25, 0.3) is 0 Å².